The molecule has 3 heteroatoms. The maximum atomic E-state index is 10.4. The van der Waals surface area contributed by atoms with Crippen LogP contribution in [0.4, 0.5) is 0 Å². The van der Waals surface area contributed by atoms with Crippen molar-refractivity contribution in [1.29, 1.82) is 0 Å². The van der Waals surface area contributed by atoms with Gasteiger partial charge < -0.3 is 9.64 Å². The summed E-state index contributed by atoms with van der Waals surface area (Å²) < 4.78 is 5.47. The van der Waals surface area contributed by atoms with Crippen LogP contribution in [0.5, 0.6) is 0 Å². The van der Waals surface area contributed by atoms with Gasteiger partial charge in [-0.15, -0.1) is 0 Å². The van der Waals surface area contributed by atoms with Crippen molar-refractivity contribution < 1.29 is 9.53 Å². The third-order valence-corrected chi connectivity index (χ3v) is 2.02. The van der Waals surface area contributed by atoms with E-state index in [1.54, 1.807) is 4.90 Å². The molecule has 0 aliphatic carbocycles. The van der Waals surface area contributed by atoms with E-state index in [0.29, 0.717) is 12.5 Å². The van der Waals surface area contributed by atoms with Crippen LogP contribution in [0.3, 0.4) is 0 Å². The zero-order chi connectivity index (χ0) is 8.27. The molecule has 0 radical (unpaired) electrons. The summed E-state index contributed by atoms with van der Waals surface area (Å²) in [5, 5.41) is 0. The molecule has 0 saturated carbocycles. The van der Waals surface area contributed by atoms with Gasteiger partial charge in [0.2, 0.25) is 6.41 Å². The third-order valence-electron chi connectivity index (χ3n) is 2.02. The maximum Gasteiger partial charge on any atom is 0.209 e. The van der Waals surface area contributed by atoms with Crippen molar-refractivity contribution in [2.45, 2.75) is 20.0 Å². The van der Waals surface area contributed by atoms with E-state index in [-0.39, 0.29) is 6.10 Å². The van der Waals surface area contributed by atoms with Crippen molar-refractivity contribution >= 4 is 6.41 Å². The lowest BCUT2D eigenvalue weighted by molar-refractivity contribution is -0.127. The van der Waals surface area contributed by atoms with Crippen LogP contribution < -0.4 is 0 Å². The van der Waals surface area contributed by atoms with Gasteiger partial charge in [-0.25, -0.2) is 0 Å². The van der Waals surface area contributed by atoms with Gasteiger partial charge in [-0.05, 0) is 5.92 Å². The lowest BCUT2D eigenvalue weighted by Gasteiger charge is -2.32. The Balaban J connectivity index is 2.39. The first-order chi connectivity index (χ1) is 5.24. The van der Waals surface area contributed by atoms with E-state index in [0.717, 1.165) is 19.5 Å². The quantitative estimate of drug-likeness (QED) is 0.546. The minimum absolute atomic E-state index is 0.231. The highest BCUT2D eigenvalue weighted by molar-refractivity contribution is 5.47. The molecule has 0 spiro atoms. The number of morpholine rings is 1. The molecule has 1 rings (SSSR count). The van der Waals surface area contributed by atoms with Gasteiger partial charge in [0.25, 0.3) is 0 Å². The average molecular weight is 157 g/mol. The van der Waals surface area contributed by atoms with Gasteiger partial charge in [0.05, 0.1) is 12.7 Å². The Morgan fingerprint density at radius 1 is 1.64 bits per heavy atom. The van der Waals surface area contributed by atoms with Gasteiger partial charge >= 0.3 is 0 Å². The first-order valence-corrected chi connectivity index (χ1v) is 4.05. The van der Waals surface area contributed by atoms with E-state index < -0.39 is 0 Å². The number of rotatable bonds is 2. The van der Waals surface area contributed by atoms with Gasteiger partial charge in [0.15, 0.2) is 0 Å². The molecule has 0 aromatic rings. The fourth-order valence-corrected chi connectivity index (χ4v) is 1.20. The molecule has 0 bridgehead atoms. The Kier molecular flexibility index (Phi) is 2.88. The average Bonchev–Trinajstić information content (AvgIpc) is 2.05. The van der Waals surface area contributed by atoms with Crippen LogP contribution in [-0.2, 0) is 9.53 Å². The molecule has 1 amide bonds. The first kappa shape index (κ1) is 8.53. The lowest BCUT2D eigenvalue weighted by Crippen LogP contribution is -2.43. The molecule has 1 atom stereocenters. The van der Waals surface area contributed by atoms with E-state index in [1.165, 1.54) is 0 Å². The largest absolute Gasteiger partial charge is 0.374 e. The summed E-state index contributed by atoms with van der Waals surface area (Å²) in [5.74, 6) is 0.498. The second-order valence-corrected chi connectivity index (χ2v) is 3.25. The Morgan fingerprint density at radius 2 is 2.36 bits per heavy atom. The highest BCUT2D eigenvalue weighted by atomic mass is 16.5. The van der Waals surface area contributed by atoms with Crippen LogP contribution >= 0.6 is 0 Å². The van der Waals surface area contributed by atoms with E-state index in [4.69, 9.17) is 4.74 Å². The molecule has 0 aromatic carbocycles. The summed E-state index contributed by atoms with van der Waals surface area (Å²) in [5.41, 5.74) is 0. The number of amides is 1. The zero-order valence-electron chi connectivity index (χ0n) is 7.12. The van der Waals surface area contributed by atoms with Crippen LogP contribution in [0.1, 0.15) is 13.8 Å². The minimum Gasteiger partial charge on any atom is -0.374 e. The summed E-state index contributed by atoms with van der Waals surface area (Å²) in [7, 11) is 0. The van der Waals surface area contributed by atoms with Crippen LogP contribution in [0, 0.1) is 5.92 Å². The predicted molar refractivity (Wildman–Crippen MR) is 42.2 cm³/mol. The number of hydrogen-bond acceptors (Lipinski definition) is 2. The van der Waals surface area contributed by atoms with Crippen LogP contribution in [0.15, 0.2) is 0 Å². The molecule has 1 unspecified atom stereocenters. The third kappa shape index (κ3) is 2.19. The van der Waals surface area contributed by atoms with Crippen LogP contribution in [-0.4, -0.2) is 37.1 Å². The summed E-state index contributed by atoms with van der Waals surface area (Å²) in [4.78, 5) is 12.2. The fourth-order valence-electron chi connectivity index (χ4n) is 1.20. The molecule has 1 heterocycles. The Hall–Kier alpha value is -0.570. The van der Waals surface area contributed by atoms with E-state index in [2.05, 4.69) is 13.8 Å². The highest BCUT2D eigenvalue weighted by Gasteiger charge is 2.21. The van der Waals surface area contributed by atoms with Gasteiger partial charge in [-0.2, -0.15) is 0 Å². The molecular formula is C8H15NO2. The Labute approximate surface area is 67.3 Å². The summed E-state index contributed by atoms with van der Waals surface area (Å²) >= 11 is 0. The summed E-state index contributed by atoms with van der Waals surface area (Å²) in [6.45, 7) is 6.40. The van der Waals surface area contributed by atoms with Gasteiger partial charge in [0, 0.05) is 13.1 Å². The number of hydrogen-bond donors (Lipinski definition) is 0. The Bertz CT molecular complexity index is 136. The van der Waals surface area contributed by atoms with Crippen molar-refractivity contribution in [2.24, 2.45) is 5.92 Å². The van der Waals surface area contributed by atoms with Crippen molar-refractivity contribution in [1.82, 2.24) is 4.90 Å². The van der Waals surface area contributed by atoms with Crippen molar-refractivity contribution in [3.8, 4) is 0 Å². The first-order valence-electron chi connectivity index (χ1n) is 4.05. The molecule has 1 fully saturated rings. The van der Waals surface area contributed by atoms with Crippen molar-refractivity contribution in [3.05, 3.63) is 0 Å². The molecule has 11 heavy (non-hydrogen) atoms. The molecule has 1 aliphatic rings. The Morgan fingerprint density at radius 3 is 2.91 bits per heavy atom. The van der Waals surface area contributed by atoms with E-state index >= 15 is 0 Å². The van der Waals surface area contributed by atoms with Crippen molar-refractivity contribution in [2.75, 3.05) is 19.7 Å². The zero-order valence-corrected chi connectivity index (χ0v) is 7.12. The van der Waals surface area contributed by atoms with Gasteiger partial charge in [0.1, 0.15) is 0 Å². The number of carbonyl (C=O) groups is 1. The van der Waals surface area contributed by atoms with Gasteiger partial charge in [-0.3, -0.25) is 4.79 Å². The molecule has 0 N–H and O–H groups in total. The fraction of sp³-hybridized carbons (Fsp3) is 0.875. The smallest absolute Gasteiger partial charge is 0.209 e. The molecular weight excluding hydrogens is 142 g/mol. The van der Waals surface area contributed by atoms with E-state index in [9.17, 15) is 4.79 Å². The van der Waals surface area contributed by atoms with Crippen LogP contribution in [0.25, 0.3) is 0 Å². The second kappa shape index (κ2) is 3.72. The molecule has 1 aliphatic heterocycles. The monoisotopic (exact) mass is 157 g/mol. The number of nitrogens with zero attached hydrogens (tertiary/aromatic N) is 1. The number of ether oxygens (including phenoxy) is 1. The van der Waals surface area contributed by atoms with Crippen LogP contribution in [0.2, 0.25) is 0 Å². The second-order valence-electron chi connectivity index (χ2n) is 3.25. The lowest BCUT2D eigenvalue weighted by atomic mass is 10.1. The van der Waals surface area contributed by atoms with Crippen molar-refractivity contribution in [3.63, 3.8) is 0 Å². The number of carbonyl (C=O) groups excluding carboxylic acids is 1. The molecule has 0 aromatic heterocycles. The molecule has 1 saturated heterocycles. The van der Waals surface area contributed by atoms with Gasteiger partial charge in [-0.1, -0.05) is 13.8 Å². The maximum absolute atomic E-state index is 10.4. The van der Waals surface area contributed by atoms with E-state index in [1.807, 2.05) is 0 Å². The standard InChI is InChI=1S/C8H15NO2/c1-7(2)8-5-9(6-10)3-4-11-8/h6-8H,3-5H2,1-2H3. The molecule has 64 valence electrons. The summed E-state index contributed by atoms with van der Waals surface area (Å²) in [6, 6.07) is 0. The molecule has 3 nitrogen and oxygen atoms in total. The minimum atomic E-state index is 0.231. The normalized spacial score (nSPS) is 25.7. The highest BCUT2D eigenvalue weighted by Crippen LogP contribution is 2.11. The predicted octanol–water partition coefficient (Wildman–Crippen LogP) is 0.500. The summed E-state index contributed by atoms with van der Waals surface area (Å²) in [6.07, 6.45) is 1.13. The SMILES string of the molecule is CC(C)C1CN(C=O)CCO1. The topological polar surface area (TPSA) is 29.5 Å².